The molecule has 2 aromatic carbocycles. The van der Waals surface area contributed by atoms with Gasteiger partial charge in [-0.1, -0.05) is 56.8 Å². The van der Waals surface area contributed by atoms with E-state index in [4.69, 9.17) is 9.97 Å². The van der Waals surface area contributed by atoms with Crippen molar-refractivity contribution in [2.45, 2.75) is 51.4 Å². The fraction of sp³-hybridized carbons (Fsp3) is 0.346. The number of rotatable bonds is 1. The quantitative estimate of drug-likeness (QED) is 0.208. The van der Waals surface area contributed by atoms with Crippen LogP contribution in [0.2, 0.25) is 0 Å². The van der Waals surface area contributed by atoms with Crippen LogP contribution in [0.5, 0.6) is 0 Å². The Morgan fingerprint density at radius 3 is 2.57 bits per heavy atom. The summed E-state index contributed by atoms with van der Waals surface area (Å²) < 4.78 is 0. The molecular weight excluding hydrogens is 547 g/mol. The van der Waals surface area contributed by atoms with Gasteiger partial charge in [-0.2, -0.15) is 0 Å². The van der Waals surface area contributed by atoms with Crippen molar-refractivity contribution in [1.82, 2.24) is 15.0 Å². The normalized spacial score (nSPS) is 26.0. The third-order valence-corrected chi connectivity index (χ3v) is 8.57. The molecule has 2 heterocycles. The first-order valence-electron chi connectivity index (χ1n) is 10.4. The molecule has 2 bridgehead atoms. The summed E-state index contributed by atoms with van der Waals surface area (Å²) in [6.45, 7) is 9.62. The number of nitrogens with zero attached hydrogens (tertiary/aromatic N) is 3. The zero-order valence-electron chi connectivity index (χ0n) is 17.7. The van der Waals surface area contributed by atoms with Gasteiger partial charge < -0.3 is 4.98 Å². The molecular formula is C26H24IrN3-. The van der Waals surface area contributed by atoms with Gasteiger partial charge in [-0.05, 0) is 40.8 Å². The average molecular weight is 571 g/mol. The van der Waals surface area contributed by atoms with Crippen molar-refractivity contribution >= 4 is 21.7 Å². The van der Waals surface area contributed by atoms with E-state index < -0.39 is 0 Å². The van der Waals surface area contributed by atoms with E-state index in [-0.39, 0.29) is 36.4 Å². The van der Waals surface area contributed by atoms with Gasteiger partial charge >= 0.3 is 0 Å². The molecule has 0 spiro atoms. The van der Waals surface area contributed by atoms with E-state index in [1.165, 1.54) is 24.1 Å². The number of fused-ring (bicyclic) bond motifs is 8. The van der Waals surface area contributed by atoms with Gasteiger partial charge in [0.15, 0.2) is 0 Å². The Bertz CT molecular complexity index is 1330. The third kappa shape index (κ3) is 2.16. The predicted molar refractivity (Wildman–Crippen MR) is 117 cm³/mol. The Morgan fingerprint density at radius 2 is 1.73 bits per heavy atom. The van der Waals surface area contributed by atoms with E-state index in [1.54, 1.807) is 0 Å². The summed E-state index contributed by atoms with van der Waals surface area (Å²) in [4.78, 5) is 14.7. The van der Waals surface area contributed by atoms with Gasteiger partial charge in [0, 0.05) is 43.3 Å². The molecule has 1 fully saturated rings. The van der Waals surface area contributed by atoms with Crippen LogP contribution in [0, 0.1) is 11.5 Å². The van der Waals surface area contributed by atoms with Gasteiger partial charge in [0.1, 0.15) is 5.82 Å². The molecule has 1 saturated carbocycles. The number of benzene rings is 2. The monoisotopic (exact) mass is 571 g/mol. The molecule has 0 N–H and O–H groups in total. The van der Waals surface area contributed by atoms with Crippen LogP contribution in [0.25, 0.3) is 33.1 Å². The topological polar surface area (TPSA) is 38.7 Å². The van der Waals surface area contributed by atoms with Crippen molar-refractivity contribution in [1.29, 1.82) is 0 Å². The molecule has 3 nitrogen and oxygen atoms in total. The smallest absolute Gasteiger partial charge is 0.141 e. The van der Waals surface area contributed by atoms with Gasteiger partial charge in [-0.15, -0.1) is 23.6 Å². The molecule has 2 atom stereocenters. The second-order valence-corrected chi connectivity index (χ2v) is 9.70. The molecule has 4 heteroatoms. The van der Waals surface area contributed by atoms with Crippen molar-refractivity contribution in [3.05, 3.63) is 66.1 Å². The first-order valence-corrected chi connectivity index (χ1v) is 10.4. The molecule has 2 aliphatic carbocycles. The van der Waals surface area contributed by atoms with Crippen molar-refractivity contribution in [2.75, 3.05) is 0 Å². The molecule has 0 saturated heterocycles. The molecule has 153 valence electrons. The Kier molecular flexibility index (Phi) is 4.08. The van der Waals surface area contributed by atoms with Crippen LogP contribution in [0.3, 0.4) is 0 Å². The van der Waals surface area contributed by atoms with Gasteiger partial charge in [0.2, 0.25) is 0 Å². The van der Waals surface area contributed by atoms with Crippen LogP contribution in [0.1, 0.15) is 51.8 Å². The van der Waals surface area contributed by atoms with Gasteiger partial charge in [0.25, 0.3) is 0 Å². The van der Waals surface area contributed by atoms with Crippen LogP contribution >= 0.6 is 0 Å². The summed E-state index contributed by atoms with van der Waals surface area (Å²) in [5, 5.41) is 3.27. The Balaban J connectivity index is 0.00000193. The second kappa shape index (κ2) is 6.18. The van der Waals surface area contributed by atoms with Crippen LogP contribution in [-0.2, 0) is 30.9 Å². The van der Waals surface area contributed by atoms with Crippen LogP contribution < -0.4 is 0 Å². The maximum Gasteiger partial charge on any atom is 0.141 e. The fourth-order valence-electron chi connectivity index (χ4n) is 5.96. The second-order valence-electron chi connectivity index (χ2n) is 9.70. The Hall–Kier alpha value is -2.16. The van der Waals surface area contributed by atoms with Crippen LogP contribution in [-0.4, -0.2) is 15.0 Å². The number of hydrogen-bond acceptors (Lipinski definition) is 3. The maximum absolute atomic E-state index is 5.20. The first kappa shape index (κ1) is 19.8. The van der Waals surface area contributed by atoms with E-state index in [9.17, 15) is 0 Å². The SMILES string of the molecule is CC12CCC(C)(c3nc(-c4cc[c-]c5c4ccc4cccnc45)ncc31)C2(C)C.[Ir]. The molecule has 2 aromatic heterocycles. The minimum Gasteiger partial charge on any atom is -0.304 e. The third-order valence-electron chi connectivity index (χ3n) is 8.57. The Morgan fingerprint density at radius 1 is 0.933 bits per heavy atom. The molecule has 0 amide bonds. The maximum atomic E-state index is 5.20. The van der Waals surface area contributed by atoms with E-state index in [0.717, 1.165) is 33.1 Å². The number of hydrogen-bond donors (Lipinski definition) is 0. The van der Waals surface area contributed by atoms with Gasteiger partial charge in [-0.3, -0.25) is 0 Å². The minimum atomic E-state index is 0. The minimum absolute atomic E-state index is 0. The average Bonchev–Trinajstić information content (AvgIpc) is 3.01. The van der Waals surface area contributed by atoms with E-state index in [0.29, 0.717) is 0 Å². The largest absolute Gasteiger partial charge is 0.304 e. The zero-order valence-corrected chi connectivity index (χ0v) is 20.1. The van der Waals surface area contributed by atoms with Crippen LogP contribution in [0.15, 0.2) is 48.8 Å². The summed E-state index contributed by atoms with van der Waals surface area (Å²) in [6, 6.07) is 15.8. The van der Waals surface area contributed by atoms with Crippen molar-refractivity contribution < 1.29 is 20.1 Å². The molecule has 4 aromatic rings. The van der Waals surface area contributed by atoms with E-state index in [2.05, 4.69) is 69.2 Å². The van der Waals surface area contributed by atoms with Gasteiger partial charge in [-0.25, -0.2) is 9.97 Å². The molecule has 0 aliphatic heterocycles. The molecule has 2 unspecified atom stereocenters. The number of aromatic nitrogens is 3. The van der Waals surface area contributed by atoms with E-state index >= 15 is 0 Å². The summed E-state index contributed by atoms with van der Waals surface area (Å²) in [7, 11) is 0. The summed E-state index contributed by atoms with van der Waals surface area (Å²) >= 11 is 0. The van der Waals surface area contributed by atoms with E-state index in [1.807, 2.05) is 18.3 Å². The molecule has 2 aliphatic rings. The van der Waals surface area contributed by atoms with Crippen molar-refractivity contribution in [3.63, 3.8) is 0 Å². The fourth-order valence-corrected chi connectivity index (χ4v) is 5.96. The van der Waals surface area contributed by atoms with Crippen molar-refractivity contribution in [2.24, 2.45) is 5.41 Å². The molecule has 30 heavy (non-hydrogen) atoms. The first-order chi connectivity index (χ1) is 13.9. The standard InChI is InChI=1S/C26H24N3.Ir/c1-24(2)25(3)12-13-26(24,4)22-20(25)15-28-23(29-22)19-9-5-8-18-17(19)11-10-16-7-6-14-27-21(16)18;/h5-7,9-11,14-15H,12-13H2,1-4H3;/q-1;. The molecule has 1 radical (unpaired) electrons. The van der Waals surface area contributed by atoms with Crippen molar-refractivity contribution in [3.8, 4) is 11.4 Å². The number of pyridine rings is 1. The summed E-state index contributed by atoms with van der Waals surface area (Å²) in [5.41, 5.74) is 5.07. The van der Waals surface area contributed by atoms with Crippen LogP contribution in [0.4, 0.5) is 0 Å². The zero-order chi connectivity index (χ0) is 20.0. The Labute approximate surface area is 190 Å². The molecule has 6 rings (SSSR count). The predicted octanol–water partition coefficient (Wildman–Crippen LogP) is 5.99. The van der Waals surface area contributed by atoms with Gasteiger partial charge in [0.05, 0.1) is 5.69 Å². The summed E-state index contributed by atoms with van der Waals surface area (Å²) in [6.07, 6.45) is 6.35. The summed E-state index contributed by atoms with van der Waals surface area (Å²) in [5.74, 6) is 0.811.